The van der Waals surface area contributed by atoms with Gasteiger partial charge < -0.3 is 4.98 Å². The van der Waals surface area contributed by atoms with Crippen LogP contribution in [0.1, 0.15) is 51.7 Å². The van der Waals surface area contributed by atoms with Crippen molar-refractivity contribution >= 4 is 11.5 Å². The Bertz CT molecular complexity index is 503. The van der Waals surface area contributed by atoms with Crippen LogP contribution in [0.3, 0.4) is 0 Å². The lowest BCUT2D eigenvalue weighted by atomic mass is 9.83. The summed E-state index contributed by atoms with van der Waals surface area (Å²) >= 11 is 1.51. The summed E-state index contributed by atoms with van der Waals surface area (Å²) in [5.74, 6) is 1.05. The maximum Gasteiger partial charge on any atom is 0.111 e. The minimum Gasteiger partial charge on any atom is -0.345 e. The standard InChI is InChI=1S/C14H21N3S/c1-13(2,3)12-15-8-11(17-12)6-14(4,5)10-7-16-18-9-10/h7-9H,6H2,1-5H3,(H,15,17). The summed E-state index contributed by atoms with van der Waals surface area (Å²) < 4.78 is 4.19. The van der Waals surface area contributed by atoms with Crippen LogP contribution in [0.15, 0.2) is 17.8 Å². The third-order valence-corrected chi connectivity index (χ3v) is 3.77. The second kappa shape index (κ2) is 4.50. The Hall–Kier alpha value is -1.16. The number of hydrogen-bond donors (Lipinski definition) is 1. The fourth-order valence-electron chi connectivity index (χ4n) is 1.95. The number of H-pyrrole nitrogens is 1. The minimum atomic E-state index is 0.0757. The molecule has 4 heteroatoms. The molecule has 2 aromatic heterocycles. The average molecular weight is 263 g/mol. The summed E-state index contributed by atoms with van der Waals surface area (Å²) in [4.78, 5) is 7.93. The van der Waals surface area contributed by atoms with Crippen LogP contribution in [0.25, 0.3) is 0 Å². The Labute approximate surface area is 113 Å². The fraction of sp³-hybridized carbons (Fsp3) is 0.571. The van der Waals surface area contributed by atoms with Gasteiger partial charge in [0.2, 0.25) is 0 Å². The van der Waals surface area contributed by atoms with E-state index >= 15 is 0 Å². The van der Waals surface area contributed by atoms with Gasteiger partial charge in [-0.1, -0.05) is 34.6 Å². The average Bonchev–Trinajstić information content (AvgIpc) is 2.83. The maximum atomic E-state index is 4.48. The monoisotopic (exact) mass is 263 g/mol. The second-order valence-corrected chi connectivity index (χ2v) is 7.14. The number of aromatic nitrogens is 3. The SMILES string of the molecule is CC(C)(C)c1ncc(CC(C)(C)c2cnsc2)[nH]1. The summed E-state index contributed by atoms with van der Waals surface area (Å²) in [6, 6.07) is 0. The smallest absolute Gasteiger partial charge is 0.111 e. The Morgan fingerprint density at radius 1 is 1.17 bits per heavy atom. The number of hydrogen-bond acceptors (Lipinski definition) is 3. The highest BCUT2D eigenvalue weighted by atomic mass is 32.1. The van der Waals surface area contributed by atoms with E-state index in [-0.39, 0.29) is 10.8 Å². The van der Waals surface area contributed by atoms with Crippen molar-refractivity contribution < 1.29 is 0 Å². The molecule has 18 heavy (non-hydrogen) atoms. The molecule has 98 valence electrons. The predicted octanol–water partition coefficient (Wildman–Crippen LogP) is 3.68. The summed E-state index contributed by atoms with van der Waals surface area (Å²) in [6.45, 7) is 11.0. The molecule has 0 saturated heterocycles. The first-order valence-electron chi connectivity index (χ1n) is 6.23. The maximum absolute atomic E-state index is 4.48. The molecule has 0 saturated carbocycles. The highest BCUT2D eigenvalue weighted by Gasteiger charge is 2.24. The molecule has 0 fully saturated rings. The lowest BCUT2D eigenvalue weighted by Gasteiger charge is -2.22. The van der Waals surface area contributed by atoms with Gasteiger partial charge in [-0.15, -0.1) is 0 Å². The van der Waals surface area contributed by atoms with Gasteiger partial charge in [-0.25, -0.2) is 9.36 Å². The van der Waals surface area contributed by atoms with E-state index in [0.717, 1.165) is 12.2 Å². The molecule has 0 aliphatic heterocycles. The van der Waals surface area contributed by atoms with Crippen LogP contribution in [-0.4, -0.2) is 14.3 Å². The van der Waals surface area contributed by atoms with Gasteiger partial charge in [-0.05, 0) is 28.9 Å². The van der Waals surface area contributed by atoms with Crippen molar-refractivity contribution in [3.63, 3.8) is 0 Å². The van der Waals surface area contributed by atoms with E-state index in [1.807, 2.05) is 12.4 Å². The molecule has 0 amide bonds. The minimum absolute atomic E-state index is 0.0757. The van der Waals surface area contributed by atoms with Gasteiger partial charge in [0.05, 0.1) is 0 Å². The molecule has 0 spiro atoms. The van der Waals surface area contributed by atoms with Gasteiger partial charge in [0.15, 0.2) is 0 Å². The van der Waals surface area contributed by atoms with E-state index in [4.69, 9.17) is 0 Å². The van der Waals surface area contributed by atoms with E-state index in [1.165, 1.54) is 22.8 Å². The van der Waals surface area contributed by atoms with Crippen LogP contribution in [0.4, 0.5) is 0 Å². The fourth-order valence-corrected chi connectivity index (χ4v) is 2.68. The second-order valence-electron chi connectivity index (χ2n) is 6.48. The van der Waals surface area contributed by atoms with Crippen molar-refractivity contribution in [2.75, 3.05) is 0 Å². The Morgan fingerprint density at radius 3 is 2.39 bits per heavy atom. The van der Waals surface area contributed by atoms with E-state index in [1.54, 1.807) is 0 Å². The molecule has 2 aromatic rings. The first kappa shape index (κ1) is 13.3. The van der Waals surface area contributed by atoms with E-state index in [2.05, 4.69) is 54.3 Å². The molecule has 0 aromatic carbocycles. The van der Waals surface area contributed by atoms with Crippen LogP contribution in [0.5, 0.6) is 0 Å². The molecule has 0 bridgehead atoms. The molecule has 0 aliphatic carbocycles. The van der Waals surface area contributed by atoms with E-state index in [9.17, 15) is 0 Å². The quantitative estimate of drug-likeness (QED) is 0.917. The summed E-state index contributed by atoms with van der Waals surface area (Å²) in [6.07, 6.45) is 4.88. The summed E-state index contributed by atoms with van der Waals surface area (Å²) in [7, 11) is 0. The first-order valence-corrected chi connectivity index (χ1v) is 7.07. The van der Waals surface area contributed by atoms with Gasteiger partial charge >= 0.3 is 0 Å². The molecule has 2 heterocycles. The molecule has 0 atom stereocenters. The largest absolute Gasteiger partial charge is 0.345 e. The highest BCUT2D eigenvalue weighted by molar-refractivity contribution is 7.03. The van der Waals surface area contributed by atoms with E-state index in [0.29, 0.717) is 0 Å². The first-order chi connectivity index (χ1) is 8.29. The molecular formula is C14H21N3S. The zero-order chi connectivity index (χ0) is 13.4. The Balaban J connectivity index is 2.17. The molecule has 1 N–H and O–H groups in total. The van der Waals surface area contributed by atoms with Crippen LogP contribution >= 0.6 is 11.5 Å². The van der Waals surface area contributed by atoms with Gasteiger partial charge in [-0.2, -0.15) is 0 Å². The Kier molecular flexibility index (Phi) is 3.32. The van der Waals surface area contributed by atoms with Crippen molar-refractivity contribution in [2.24, 2.45) is 0 Å². The van der Waals surface area contributed by atoms with Crippen LogP contribution in [-0.2, 0) is 17.3 Å². The lowest BCUT2D eigenvalue weighted by molar-refractivity contribution is 0.511. The molecule has 3 nitrogen and oxygen atoms in total. The number of nitrogens with one attached hydrogen (secondary N) is 1. The number of imidazole rings is 1. The number of rotatable bonds is 3. The number of aromatic amines is 1. The van der Waals surface area contributed by atoms with Gasteiger partial charge in [0.1, 0.15) is 5.82 Å². The van der Waals surface area contributed by atoms with Crippen molar-refractivity contribution in [3.8, 4) is 0 Å². The van der Waals surface area contributed by atoms with Gasteiger partial charge in [-0.3, -0.25) is 0 Å². The van der Waals surface area contributed by atoms with Gasteiger partial charge in [0, 0.05) is 28.9 Å². The van der Waals surface area contributed by atoms with Crippen molar-refractivity contribution in [3.05, 3.63) is 34.9 Å². The van der Waals surface area contributed by atoms with Crippen LogP contribution in [0.2, 0.25) is 0 Å². The third-order valence-electron chi connectivity index (χ3n) is 3.19. The van der Waals surface area contributed by atoms with Crippen molar-refractivity contribution in [1.82, 2.24) is 14.3 Å². The summed E-state index contributed by atoms with van der Waals surface area (Å²) in [5, 5.41) is 2.13. The lowest BCUT2D eigenvalue weighted by Crippen LogP contribution is -2.20. The Morgan fingerprint density at radius 2 is 1.89 bits per heavy atom. The topological polar surface area (TPSA) is 41.6 Å². The molecular weight excluding hydrogens is 242 g/mol. The van der Waals surface area contributed by atoms with Crippen LogP contribution < -0.4 is 0 Å². The molecule has 0 aliphatic rings. The van der Waals surface area contributed by atoms with Crippen molar-refractivity contribution in [2.45, 2.75) is 51.9 Å². The molecule has 2 rings (SSSR count). The number of nitrogens with zero attached hydrogens (tertiary/aromatic N) is 2. The van der Waals surface area contributed by atoms with Crippen LogP contribution in [0, 0.1) is 0 Å². The van der Waals surface area contributed by atoms with Gasteiger partial charge in [0.25, 0.3) is 0 Å². The molecule has 0 unspecified atom stereocenters. The normalized spacial score (nSPS) is 12.9. The van der Waals surface area contributed by atoms with E-state index < -0.39 is 0 Å². The summed E-state index contributed by atoms with van der Waals surface area (Å²) in [5.41, 5.74) is 2.65. The zero-order valence-electron chi connectivity index (χ0n) is 11.7. The predicted molar refractivity (Wildman–Crippen MR) is 76.1 cm³/mol. The highest BCUT2D eigenvalue weighted by Crippen LogP contribution is 2.28. The zero-order valence-corrected chi connectivity index (χ0v) is 12.6. The third kappa shape index (κ3) is 2.80. The van der Waals surface area contributed by atoms with Crippen molar-refractivity contribution in [1.29, 1.82) is 0 Å². The molecule has 0 radical (unpaired) electrons.